The van der Waals surface area contributed by atoms with Gasteiger partial charge in [-0.3, -0.25) is 34.3 Å². The molecule has 0 saturated heterocycles. The van der Waals surface area contributed by atoms with E-state index in [1.807, 2.05) is 30.3 Å². The van der Waals surface area contributed by atoms with Gasteiger partial charge >= 0.3 is 0 Å². The molecule has 0 atom stereocenters. The van der Waals surface area contributed by atoms with Gasteiger partial charge < -0.3 is 4.74 Å². The molecule has 3 aromatic rings. The Morgan fingerprint density at radius 3 is 2.19 bits per heavy atom. The molecule has 3 aromatic carbocycles. The first-order valence-electron chi connectivity index (χ1n) is 9.61. The van der Waals surface area contributed by atoms with Crippen molar-refractivity contribution in [2.75, 3.05) is 11.6 Å². The lowest BCUT2D eigenvalue weighted by Crippen LogP contribution is -2.43. The van der Waals surface area contributed by atoms with Gasteiger partial charge in [0, 0.05) is 24.7 Å². The minimum absolute atomic E-state index is 0.0562. The highest BCUT2D eigenvalue weighted by Gasteiger charge is 2.38. The Hall–Kier alpha value is -4.53. The number of amides is 3. The molecule has 0 fully saturated rings. The molecule has 9 heteroatoms. The fourth-order valence-corrected chi connectivity index (χ4v) is 3.34. The lowest BCUT2D eigenvalue weighted by atomic mass is 10.1. The van der Waals surface area contributed by atoms with E-state index in [1.54, 1.807) is 24.3 Å². The number of imide groups is 1. The summed E-state index contributed by atoms with van der Waals surface area (Å²) in [7, 11) is 0. The molecule has 1 aliphatic heterocycles. The van der Waals surface area contributed by atoms with Crippen LogP contribution < -0.4 is 9.64 Å². The van der Waals surface area contributed by atoms with Gasteiger partial charge in [0.05, 0.1) is 16.1 Å². The number of hydrogen-bond acceptors (Lipinski definition) is 6. The van der Waals surface area contributed by atoms with E-state index in [0.29, 0.717) is 17.2 Å². The lowest BCUT2D eigenvalue weighted by molar-refractivity contribution is -0.384. The molecule has 9 nitrogen and oxygen atoms in total. The summed E-state index contributed by atoms with van der Waals surface area (Å²) >= 11 is 0. The molecule has 0 aliphatic carbocycles. The highest BCUT2D eigenvalue weighted by Crippen LogP contribution is 2.29. The van der Waals surface area contributed by atoms with Crippen molar-refractivity contribution in [1.82, 2.24) is 4.90 Å². The molecule has 4 rings (SSSR count). The van der Waals surface area contributed by atoms with Crippen molar-refractivity contribution in [3.8, 4) is 11.5 Å². The number of non-ortho nitro benzene ring substituents is 1. The Kier molecular flexibility index (Phi) is 5.38. The van der Waals surface area contributed by atoms with Gasteiger partial charge in [-0.05, 0) is 42.5 Å². The second-order valence-electron chi connectivity index (χ2n) is 7.02. The van der Waals surface area contributed by atoms with Crippen LogP contribution in [0.4, 0.5) is 11.4 Å². The number of carbonyl (C=O) groups is 3. The van der Waals surface area contributed by atoms with Crippen molar-refractivity contribution >= 4 is 29.1 Å². The number of anilines is 1. The summed E-state index contributed by atoms with van der Waals surface area (Å²) in [4.78, 5) is 50.3. The number of para-hydroxylation sites is 1. The SMILES string of the molecule is CC(=O)N(CN1C(=O)c2ccc([N+](=O)[O-])cc2C1=O)c1ccc(Oc2ccccc2)cc1. The number of hydrogen-bond donors (Lipinski definition) is 0. The van der Waals surface area contributed by atoms with E-state index in [9.17, 15) is 24.5 Å². The molecule has 0 unspecified atom stereocenters. The normalized spacial score (nSPS) is 12.5. The number of fused-ring (bicyclic) bond motifs is 1. The smallest absolute Gasteiger partial charge is 0.270 e. The van der Waals surface area contributed by atoms with E-state index >= 15 is 0 Å². The van der Waals surface area contributed by atoms with E-state index < -0.39 is 16.7 Å². The third-order valence-electron chi connectivity index (χ3n) is 4.96. The number of benzene rings is 3. The number of ether oxygens (including phenoxy) is 1. The van der Waals surface area contributed by atoms with E-state index in [2.05, 4.69) is 0 Å². The molecular formula is C23H17N3O6. The maximum absolute atomic E-state index is 12.8. The zero-order valence-corrected chi connectivity index (χ0v) is 16.9. The molecule has 0 radical (unpaired) electrons. The van der Waals surface area contributed by atoms with Crippen molar-refractivity contribution in [3.63, 3.8) is 0 Å². The third-order valence-corrected chi connectivity index (χ3v) is 4.96. The van der Waals surface area contributed by atoms with Crippen LogP contribution in [-0.4, -0.2) is 34.2 Å². The summed E-state index contributed by atoms with van der Waals surface area (Å²) in [5, 5.41) is 11.0. The van der Waals surface area contributed by atoms with Crippen LogP contribution in [0.1, 0.15) is 27.6 Å². The molecule has 1 heterocycles. The summed E-state index contributed by atoms with van der Waals surface area (Å²) in [6.45, 7) is 0.992. The first-order chi connectivity index (χ1) is 15.3. The second kappa shape index (κ2) is 8.31. The van der Waals surface area contributed by atoms with Gasteiger partial charge in [-0.25, -0.2) is 0 Å². The lowest BCUT2D eigenvalue weighted by Gasteiger charge is -2.26. The summed E-state index contributed by atoms with van der Waals surface area (Å²) < 4.78 is 5.74. The van der Waals surface area contributed by atoms with E-state index in [-0.39, 0.29) is 29.4 Å². The van der Waals surface area contributed by atoms with Crippen molar-refractivity contribution in [2.24, 2.45) is 0 Å². The zero-order valence-electron chi connectivity index (χ0n) is 16.9. The average molecular weight is 431 g/mol. The van der Waals surface area contributed by atoms with Gasteiger partial charge in [0.2, 0.25) is 5.91 Å². The third kappa shape index (κ3) is 3.91. The van der Waals surface area contributed by atoms with Crippen LogP contribution in [0.2, 0.25) is 0 Å². The summed E-state index contributed by atoms with van der Waals surface area (Å²) in [5.74, 6) is -0.483. The number of nitro groups is 1. The van der Waals surface area contributed by atoms with Gasteiger partial charge in [-0.2, -0.15) is 0 Å². The molecule has 3 amide bonds. The summed E-state index contributed by atoms with van der Waals surface area (Å²) in [5.41, 5.74) is 0.180. The molecular weight excluding hydrogens is 414 g/mol. The van der Waals surface area contributed by atoms with E-state index in [1.165, 1.54) is 24.0 Å². The van der Waals surface area contributed by atoms with Crippen molar-refractivity contribution < 1.29 is 24.0 Å². The first kappa shape index (κ1) is 20.7. The van der Waals surface area contributed by atoms with Crippen LogP contribution >= 0.6 is 0 Å². The van der Waals surface area contributed by atoms with Gasteiger partial charge in [-0.1, -0.05) is 18.2 Å². The summed E-state index contributed by atoms with van der Waals surface area (Å²) in [6.07, 6.45) is 0. The molecule has 0 N–H and O–H groups in total. The minimum atomic E-state index is -0.691. The van der Waals surface area contributed by atoms with Crippen LogP contribution in [-0.2, 0) is 4.79 Å². The molecule has 0 saturated carbocycles. The Bertz CT molecular complexity index is 1220. The minimum Gasteiger partial charge on any atom is -0.457 e. The fraction of sp³-hybridized carbons (Fsp3) is 0.0870. The van der Waals surface area contributed by atoms with Gasteiger partial charge in [-0.15, -0.1) is 0 Å². The quantitative estimate of drug-likeness (QED) is 0.332. The highest BCUT2D eigenvalue weighted by molar-refractivity contribution is 6.22. The van der Waals surface area contributed by atoms with Crippen LogP contribution in [0, 0.1) is 10.1 Å². The van der Waals surface area contributed by atoms with Gasteiger partial charge in [0.15, 0.2) is 0 Å². The topological polar surface area (TPSA) is 110 Å². The number of nitro benzene ring substituents is 1. The average Bonchev–Trinajstić information content (AvgIpc) is 3.02. The van der Waals surface area contributed by atoms with Crippen molar-refractivity contribution in [2.45, 2.75) is 6.92 Å². The van der Waals surface area contributed by atoms with Gasteiger partial charge in [0.1, 0.15) is 18.2 Å². The molecule has 0 bridgehead atoms. The Labute approximate surface area is 182 Å². The molecule has 0 spiro atoms. The molecule has 1 aliphatic rings. The van der Waals surface area contributed by atoms with E-state index in [0.717, 1.165) is 11.0 Å². The van der Waals surface area contributed by atoms with Crippen LogP contribution in [0.5, 0.6) is 11.5 Å². The molecule has 0 aromatic heterocycles. The van der Waals surface area contributed by atoms with Gasteiger partial charge in [0.25, 0.3) is 17.5 Å². The molecule has 160 valence electrons. The maximum atomic E-state index is 12.8. The Balaban J connectivity index is 1.55. The highest BCUT2D eigenvalue weighted by atomic mass is 16.6. The molecule has 32 heavy (non-hydrogen) atoms. The zero-order chi connectivity index (χ0) is 22.8. The number of nitrogens with zero attached hydrogens (tertiary/aromatic N) is 3. The predicted octanol–water partition coefficient (Wildman–Crippen LogP) is 3.99. The number of rotatable bonds is 6. The van der Waals surface area contributed by atoms with Crippen LogP contribution in [0.3, 0.4) is 0 Å². The Morgan fingerprint density at radius 1 is 0.938 bits per heavy atom. The van der Waals surface area contributed by atoms with E-state index in [4.69, 9.17) is 4.74 Å². The van der Waals surface area contributed by atoms with Crippen LogP contribution in [0.25, 0.3) is 0 Å². The largest absolute Gasteiger partial charge is 0.457 e. The standard InChI is InChI=1S/C23H17N3O6/c1-15(27)24(16-7-10-19(11-8-16)32-18-5-3-2-4-6-18)14-25-22(28)20-12-9-17(26(30)31)13-21(20)23(25)29/h2-13H,14H2,1H3. The first-order valence-corrected chi connectivity index (χ1v) is 9.61. The van der Waals surface area contributed by atoms with Crippen LogP contribution in [0.15, 0.2) is 72.8 Å². The number of carbonyl (C=O) groups excluding carboxylic acids is 3. The fourth-order valence-electron chi connectivity index (χ4n) is 3.34. The van der Waals surface area contributed by atoms with Crippen molar-refractivity contribution in [3.05, 3.63) is 94.0 Å². The predicted molar refractivity (Wildman–Crippen MR) is 115 cm³/mol. The maximum Gasteiger partial charge on any atom is 0.270 e. The Morgan fingerprint density at radius 2 is 1.56 bits per heavy atom. The van der Waals surface area contributed by atoms with Crippen molar-refractivity contribution in [1.29, 1.82) is 0 Å². The second-order valence-corrected chi connectivity index (χ2v) is 7.02. The monoisotopic (exact) mass is 431 g/mol. The summed E-state index contributed by atoms with van der Waals surface area (Å²) in [6, 6.07) is 19.3.